The van der Waals surface area contributed by atoms with Gasteiger partial charge in [0.2, 0.25) is 0 Å². The van der Waals surface area contributed by atoms with Crippen molar-refractivity contribution in [3.63, 3.8) is 0 Å². The average molecular weight is 455 g/mol. The molecule has 29 heavy (non-hydrogen) atoms. The summed E-state index contributed by atoms with van der Waals surface area (Å²) in [5.74, 6) is -1.41. The highest BCUT2D eigenvalue weighted by Crippen LogP contribution is 2.53. The van der Waals surface area contributed by atoms with Crippen molar-refractivity contribution in [3.05, 3.63) is 12.2 Å². The van der Waals surface area contributed by atoms with Crippen LogP contribution in [0.25, 0.3) is 0 Å². The molecule has 0 aromatic rings. The van der Waals surface area contributed by atoms with Gasteiger partial charge in [-0.05, 0) is 33.6 Å². The topological polar surface area (TPSA) is 131 Å². The fraction of sp³-hybridized carbons (Fsp3) is 0.737. The van der Waals surface area contributed by atoms with Crippen LogP contribution in [-0.2, 0) is 19.0 Å². The van der Waals surface area contributed by atoms with Crippen molar-refractivity contribution >= 4 is 41.4 Å². The first-order chi connectivity index (χ1) is 13.2. The molecule has 10 heteroatoms. The Morgan fingerprint density at radius 3 is 1.97 bits per heavy atom. The molecule has 0 saturated carbocycles. The van der Waals surface area contributed by atoms with Crippen LogP contribution in [0.5, 0.6) is 0 Å². The number of hydrogen-bond acceptors (Lipinski definition) is 6. The predicted molar refractivity (Wildman–Crippen MR) is 112 cm³/mol. The third-order valence-corrected chi connectivity index (χ3v) is 6.47. The van der Waals surface area contributed by atoms with Crippen LogP contribution in [0, 0.1) is 11.3 Å². The maximum absolute atomic E-state index is 12.6. The Kier molecular flexibility index (Phi) is 10.3. The molecular formula is C19H32Cl2N2O6. The number of alkyl halides is 2. The van der Waals surface area contributed by atoms with E-state index in [4.69, 9.17) is 48.9 Å². The second kappa shape index (κ2) is 10.9. The zero-order valence-electron chi connectivity index (χ0n) is 17.7. The molecule has 2 amide bonds. The van der Waals surface area contributed by atoms with Crippen LogP contribution in [0.15, 0.2) is 12.2 Å². The molecule has 0 fully saturated rings. The summed E-state index contributed by atoms with van der Waals surface area (Å²) in [5.41, 5.74) is 6.81. The van der Waals surface area contributed by atoms with Gasteiger partial charge in [-0.2, -0.15) is 0 Å². The normalized spacial score (nSPS) is 16.7. The summed E-state index contributed by atoms with van der Waals surface area (Å²) < 4.78 is 16.2. The summed E-state index contributed by atoms with van der Waals surface area (Å²) in [6.45, 7) is 12.0. The lowest BCUT2D eigenvalue weighted by molar-refractivity contribution is -0.212. The molecule has 0 heterocycles. The van der Waals surface area contributed by atoms with E-state index in [2.05, 4.69) is 6.58 Å². The predicted octanol–water partition coefficient (Wildman–Crippen LogP) is 3.71. The third-order valence-electron chi connectivity index (χ3n) is 5.70. The van der Waals surface area contributed by atoms with Crippen LogP contribution in [0.4, 0.5) is 9.59 Å². The number of esters is 1. The van der Waals surface area contributed by atoms with E-state index in [0.717, 1.165) is 0 Å². The van der Waals surface area contributed by atoms with E-state index in [1.165, 1.54) is 6.92 Å². The lowest BCUT2D eigenvalue weighted by Gasteiger charge is -2.56. The molecule has 0 aliphatic heterocycles. The lowest BCUT2D eigenvalue weighted by Crippen LogP contribution is -2.66. The van der Waals surface area contributed by atoms with Crippen molar-refractivity contribution < 1.29 is 28.6 Å². The molecule has 0 aliphatic rings. The maximum Gasteiger partial charge on any atom is 0.405 e. The van der Waals surface area contributed by atoms with E-state index in [1.807, 2.05) is 6.92 Å². The minimum absolute atomic E-state index is 0.0144. The van der Waals surface area contributed by atoms with E-state index < -0.39 is 40.7 Å². The molecule has 4 N–H and O–H groups in total. The van der Waals surface area contributed by atoms with E-state index in [1.54, 1.807) is 20.8 Å². The molecular weight excluding hydrogens is 423 g/mol. The van der Waals surface area contributed by atoms with Gasteiger partial charge in [0, 0.05) is 22.8 Å². The largest absolute Gasteiger partial charge is 0.453 e. The van der Waals surface area contributed by atoms with Gasteiger partial charge in [-0.15, -0.1) is 23.2 Å². The van der Waals surface area contributed by atoms with Gasteiger partial charge in [0.15, 0.2) is 0 Å². The van der Waals surface area contributed by atoms with Gasteiger partial charge in [0.1, 0.15) is 11.2 Å². The fourth-order valence-corrected chi connectivity index (χ4v) is 4.49. The average Bonchev–Trinajstić information content (AvgIpc) is 2.61. The lowest BCUT2D eigenvalue weighted by atomic mass is 9.58. The van der Waals surface area contributed by atoms with Crippen molar-refractivity contribution in [2.45, 2.75) is 58.7 Å². The van der Waals surface area contributed by atoms with Crippen LogP contribution in [-0.4, -0.2) is 47.7 Å². The molecule has 0 aromatic heterocycles. The van der Waals surface area contributed by atoms with Gasteiger partial charge >= 0.3 is 18.2 Å². The first-order valence-corrected chi connectivity index (χ1v) is 10.2. The number of nitrogens with two attached hydrogens (primary N) is 2. The minimum Gasteiger partial charge on any atom is -0.453 e. The standard InChI is InChI=1S/C19H32Cl2N2O6/c1-7-18(6,17(4,5)29-16(23)26)19(11-21,28-14(24)12(2)3)13(10-20)8-9-27-15(22)25/h13H,2,7-11H2,1,3-6H3,(H2,22,25)(H2,23,26). The fourth-order valence-electron chi connectivity index (χ4n) is 3.52. The Bertz CT molecular complexity index is 628. The second-order valence-electron chi connectivity index (χ2n) is 7.62. The number of carbonyl (C=O) groups excluding carboxylic acids is 3. The molecule has 0 rings (SSSR count). The van der Waals surface area contributed by atoms with Crippen LogP contribution >= 0.6 is 23.2 Å². The molecule has 0 saturated heterocycles. The number of hydrogen-bond donors (Lipinski definition) is 2. The number of halogens is 2. The van der Waals surface area contributed by atoms with Gasteiger partial charge in [-0.1, -0.05) is 20.4 Å². The first-order valence-electron chi connectivity index (χ1n) is 9.16. The number of ether oxygens (including phenoxy) is 3. The summed E-state index contributed by atoms with van der Waals surface area (Å²) in [5, 5.41) is 0. The molecule has 8 nitrogen and oxygen atoms in total. The van der Waals surface area contributed by atoms with Gasteiger partial charge in [-0.3, -0.25) is 0 Å². The highest BCUT2D eigenvalue weighted by atomic mass is 35.5. The molecule has 3 atom stereocenters. The summed E-state index contributed by atoms with van der Waals surface area (Å²) in [6, 6.07) is 0. The van der Waals surface area contributed by atoms with Crippen molar-refractivity contribution in [2.75, 3.05) is 18.4 Å². The van der Waals surface area contributed by atoms with Gasteiger partial charge < -0.3 is 25.7 Å². The Morgan fingerprint density at radius 2 is 1.62 bits per heavy atom. The SMILES string of the molecule is C=C(C)C(=O)OC(CCl)(C(CCl)CCOC(N)=O)C(C)(CC)C(C)(C)OC(N)=O. The van der Waals surface area contributed by atoms with E-state index in [9.17, 15) is 14.4 Å². The zero-order chi connectivity index (χ0) is 23.0. The Hall–Kier alpha value is -1.67. The van der Waals surface area contributed by atoms with Crippen molar-refractivity contribution in [3.8, 4) is 0 Å². The number of amides is 2. The van der Waals surface area contributed by atoms with E-state index in [0.29, 0.717) is 6.42 Å². The summed E-state index contributed by atoms with van der Waals surface area (Å²) in [7, 11) is 0. The van der Waals surface area contributed by atoms with Gasteiger partial charge in [0.25, 0.3) is 0 Å². The summed E-state index contributed by atoms with van der Waals surface area (Å²) in [6.07, 6.45) is -1.34. The van der Waals surface area contributed by atoms with E-state index >= 15 is 0 Å². The Morgan fingerprint density at radius 1 is 1.07 bits per heavy atom. The van der Waals surface area contributed by atoms with E-state index in [-0.39, 0.29) is 30.4 Å². The number of carbonyl (C=O) groups is 3. The minimum atomic E-state index is -1.42. The Labute approximate surface area is 182 Å². The van der Waals surface area contributed by atoms with Crippen molar-refractivity contribution in [2.24, 2.45) is 22.8 Å². The van der Waals surface area contributed by atoms with Crippen LogP contribution in [0.3, 0.4) is 0 Å². The van der Waals surface area contributed by atoms with Crippen molar-refractivity contribution in [1.82, 2.24) is 0 Å². The smallest absolute Gasteiger partial charge is 0.405 e. The Balaban J connectivity index is 6.53. The highest BCUT2D eigenvalue weighted by Gasteiger charge is 2.62. The highest BCUT2D eigenvalue weighted by molar-refractivity contribution is 6.19. The van der Waals surface area contributed by atoms with Crippen molar-refractivity contribution in [1.29, 1.82) is 0 Å². The molecule has 0 radical (unpaired) electrons. The summed E-state index contributed by atoms with van der Waals surface area (Å²) in [4.78, 5) is 35.1. The van der Waals surface area contributed by atoms with Crippen LogP contribution in [0.2, 0.25) is 0 Å². The van der Waals surface area contributed by atoms with Crippen LogP contribution < -0.4 is 11.5 Å². The number of primary amides is 2. The third kappa shape index (κ3) is 6.15. The molecule has 0 aliphatic carbocycles. The van der Waals surface area contributed by atoms with Crippen LogP contribution in [0.1, 0.15) is 47.5 Å². The summed E-state index contributed by atoms with van der Waals surface area (Å²) >= 11 is 12.7. The monoisotopic (exact) mass is 454 g/mol. The van der Waals surface area contributed by atoms with Gasteiger partial charge in [0.05, 0.1) is 12.5 Å². The molecule has 0 bridgehead atoms. The van der Waals surface area contributed by atoms with Gasteiger partial charge in [-0.25, -0.2) is 14.4 Å². The quantitative estimate of drug-likeness (QED) is 0.200. The second-order valence-corrected chi connectivity index (χ2v) is 8.19. The number of rotatable bonds is 12. The first kappa shape index (κ1) is 27.3. The zero-order valence-corrected chi connectivity index (χ0v) is 19.2. The molecule has 3 unspecified atom stereocenters. The molecule has 0 aromatic carbocycles. The molecule has 0 spiro atoms. The maximum atomic E-state index is 12.6. The molecule has 168 valence electrons.